The summed E-state index contributed by atoms with van der Waals surface area (Å²) in [7, 11) is 1.75. The summed E-state index contributed by atoms with van der Waals surface area (Å²) in [5, 5.41) is 14.5. The van der Waals surface area contributed by atoms with E-state index in [2.05, 4.69) is 45.7 Å². The van der Waals surface area contributed by atoms with Crippen molar-refractivity contribution >= 4 is 11.9 Å². The largest absolute Gasteiger partial charge is 0.353 e. The van der Waals surface area contributed by atoms with Gasteiger partial charge in [-0.25, -0.2) is 0 Å². The first-order valence-electron chi connectivity index (χ1n) is 10.4. The van der Waals surface area contributed by atoms with E-state index >= 15 is 0 Å². The van der Waals surface area contributed by atoms with Crippen molar-refractivity contribution in [1.82, 2.24) is 25.7 Å². The van der Waals surface area contributed by atoms with Crippen LogP contribution in [0.25, 0.3) is 0 Å². The number of carbonyl (C=O) groups is 1. The van der Waals surface area contributed by atoms with E-state index in [4.69, 9.17) is 5.10 Å². The van der Waals surface area contributed by atoms with Gasteiger partial charge in [0.25, 0.3) is 0 Å². The van der Waals surface area contributed by atoms with Crippen molar-refractivity contribution in [2.75, 3.05) is 13.6 Å². The lowest BCUT2D eigenvalue weighted by atomic mass is 9.94. The molecule has 27 heavy (non-hydrogen) atoms. The van der Waals surface area contributed by atoms with Gasteiger partial charge in [0, 0.05) is 37.8 Å². The summed E-state index contributed by atoms with van der Waals surface area (Å²) in [5.41, 5.74) is 2.54. The molecular formula is C20H34N6O. The highest BCUT2D eigenvalue weighted by Crippen LogP contribution is 2.21. The van der Waals surface area contributed by atoms with Crippen molar-refractivity contribution in [2.24, 2.45) is 4.99 Å². The summed E-state index contributed by atoms with van der Waals surface area (Å²) in [6, 6.07) is 1.02. The van der Waals surface area contributed by atoms with Crippen LogP contribution in [-0.2, 0) is 17.6 Å². The molecule has 2 aliphatic rings. The highest BCUT2D eigenvalue weighted by atomic mass is 16.2. The molecular weight excluding hydrogens is 340 g/mol. The van der Waals surface area contributed by atoms with Crippen LogP contribution in [0.1, 0.15) is 69.7 Å². The zero-order valence-corrected chi connectivity index (χ0v) is 16.9. The minimum absolute atomic E-state index is 0.0476. The average molecular weight is 375 g/mol. The number of rotatable bonds is 5. The predicted molar refractivity (Wildman–Crippen MR) is 108 cm³/mol. The lowest BCUT2D eigenvalue weighted by Gasteiger charge is -2.25. The number of fused-ring (bicyclic) bond motifs is 1. The van der Waals surface area contributed by atoms with Crippen molar-refractivity contribution < 1.29 is 4.79 Å². The molecule has 1 unspecified atom stereocenters. The van der Waals surface area contributed by atoms with Crippen LogP contribution in [0, 0.1) is 0 Å². The summed E-state index contributed by atoms with van der Waals surface area (Å²) in [6.45, 7) is 4.56. The lowest BCUT2D eigenvalue weighted by molar-refractivity contribution is -0.120. The Bertz CT molecular complexity index is 659. The molecule has 0 aliphatic heterocycles. The molecule has 2 aliphatic carbocycles. The Morgan fingerprint density at radius 3 is 2.70 bits per heavy atom. The second-order valence-corrected chi connectivity index (χ2v) is 8.09. The maximum Gasteiger partial charge on any atom is 0.239 e. The molecule has 1 saturated carbocycles. The molecule has 7 nitrogen and oxygen atoms in total. The Balaban J connectivity index is 1.45. The zero-order chi connectivity index (χ0) is 19.2. The molecule has 1 fully saturated rings. The van der Waals surface area contributed by atoms with Gasteiger partial charge < -0.3 is 16.0 Å². The normalized spacial score (nSPS) is 21.0. The van der Waals surface area contributed by atoms with E-state index in [-0.39, 0.29) is 12.5 Å². The molecule has 3 rings (SSSR count). The maximum atomic E-state index is 12.2. The number of aromatic nitrogens is 2. The van der Waals surface area contributed by atoms with Gasteiger partial charge in [-0.2, -0.15) is 5.10 Å². The predicted octanol–water partition coefficient (Wildman–Crippen LogP) is 1.94. The van der Waals surface area contributed by atoms with Crippen LogP contribution < -0.4 is 16.0 Å². The first kappa shape index (κ1) is 19.7. The number of aryl methyl sites for hydroxylation is 1. The SMILES string of the molecule is CN=C(NCC(=O)NC1CCCCC1)NC1CCc2cn(C(C)C)nc2C1. The minimum atomic E-state index is 0.0476. The van der Waals surface area contributed by atoms with E-state index < -0.39 is 0 Å². The first-order chi connectivity index (χ1) is 13.0. The second-order valence-electron chi connectivity index (χ2n) is 8.09. The Hall–Kier alpha value is -2.05. The third-order valence-corrected chi connectivity index (χ3v) is 5.58. The fourth-order valence-electron chi connectivity index (χ4n) is 3.98. The smallest absolute Gasteiger partial charge is 0.239 e. The number of nitrogens with one attached hydrogen (secondary N) is 3. The van der Waals surface area contributed by atoms with Gasteiger partial charge in [-0.3, -0.25) is 14.5 Å². The molecule has 1 amide bonds. The summed E-state index contributed by atoms with van der Waals surface area (Å²) < 4.78 is 2.05. The van der Waals surface area contributed by atoms with Crippen LogP contribution in [0.4, 0.5) is 0 Å². The molecule has 1 heterocycles. The van der Waals surface area contributed by atoms with Crippen LogP contribution in [0.5, 0.6) is 0 Å². The fraction of sp³-hybridized carbons (Fsp3) is 0.750. The van der Waals surface area contributed by atoms with E-state index in [9.17, 15) is 4.79 Å². The third kappa shape index (κ3) is 5.47. The number of aliphatic imine (C=N–C) groups is 1. The van der Waals surface area contributed by atoms with E-state index in [1.54, 1.807) is 7.05 Å². The lowest BCUT2D eigenvalue weighted by Crippen LogP contribution is -2.49. The number of hydrogen-bond donors (Lipinski definition) is 3. The van der Waals surface area contributed by atoms with Gasteiger partial charge in [0.15, 0.2) is 5.96 Å². The van der Waals surface area contributed by atoms with Crippen molar-refractivity contribution in [1.29, 1.82) is 0 Å². The third-order valence-electron chi connectivity index (χ3n) is 5.58. The standard InChI is InChI=1S/C20H34N6O/c1-14(2)26-13-15-9-10-17(11-18(15)25-26)24-20(21-3)22-12-19(27)23-16-7-5-4-6-8-16/h13-14,16-17H,4-12H2,1-3H3,(H,23,27)(H2,21,22,24). The van der Waals surface area contributed by atoms with Crippen molar-refractivity contribution in [3.63, 3.8) is 0 Å². The molecule has 1 aromatic rings. The van der Waals surface area contributed by atoms with Crippen LogP contribution in [0.2, 0.25) is 0 Å². The Morgan fingerprint density at radius 2 is 2.00 bits per heavy atom. The van der Waals surface area contributed by atoms with Crippen LogP contribution in [0.3, 0.4) is 0 Å². The summed E-state index contributed by atoms with van der Waals surface area (Å²) in [5.74, 6) is 0.733. The average Bonchev–Trinajstić information content (AvgIpc) is 3.09. The van der Waals surface area contributed by atoms with Crippen molar-refractivity contribution in [2.45, 2.75) is 83.3 Å². The van der Waals surface area contributed by atoms with E-state index in [1.807, 2.05) is 0 Å². The van der Waals surface area contributed by atoms with Crippen LogP contribution >= 0.6 is 0 Å². The highest BCUT2D eigenvalue weighted by Gasteiger charge is 2.23. The topological polar surface area (TPSA) is 83.3 Å². The number of carbonyl (C=O) groups excluding carboxylic acids is 1. The van der Waals surface area contributed by atoms with E-state index in [0.29, 0.717) is 24.1 Å². The second kappa shape index (κ2) is 9.24. The molecule has 0 radical (unpaired) electrons. The van der Waals surface area contributed by atoms with Crippen molar-refractivity contribution in [3.05, 3.63) is 17.5 Å². The highest BCUT2D eigenvalue weighted by molar-refractivity contribution is 5.86. The van der Waals surface area contributed by atoms with Gasteiger partial charge in [-0.15, -0.1) is 0 Å². The molecule has 0 spiro atoms. The van der Waals surface area contributed by atoms with Gasteiger partial charge in [0.1, 0.15) is 0 Å². The van der Waals surface area contributed by atoms with E-state index in [1.165, 1.54) is 30.5 Å². The summed E-state index contributed by atoms with van der Waals surface area (Å²) in [4.78, 5) is 16.5. The van der Waals surface area contributed by atoms with Gasteiger partial charge in [-0.05, 0) is 45.1 Å². The minimum Gasteiger partial charge on any atom is -0.353 e. The molecule has 150 valence electrons. The quantitative estimate of drug-likeness (QED) is 0.543. The van der Waals surface area contributed by atoms with Crippen LogP contribution in [0.15, 0.2) is 11.2 Å². The number of nitrogens with zero attached hydrogens (tertiary/aromatic N) is 3. The zero-order valence-electron chi connectivity index (χ0n) is 16.9. The monoisotopic (exact) mass is 374 g/mol. The Labute approximate surface area is 162 Å². The van der Waals surface area contributed by atoms with Crippen molar-refractivity contribution in [3.8, 4) is 0 Å². The van der Waals surface area contributed by atoms with Gasteiger partial charge >= 0.3 is 0 Å². The fourth-order valence-corrected chi connectivity index (χ4v) is 3.98. The molecule has 0 saturated heterocycles. The number of amides is 1. The Morgan fingerprint density at radius 1 is 1.22 bits per heavy atom. The number of hydrogen-bond acceptors (Lipinski definition) is 3. The van der Waals surface area contributed by atoms with Gasteiger partial charge in [0.2, 0.25) is 5.91 Å². The maximum absolute atomic E-state index is 12.2. The molecule has 1 atom stereocenters. The molecule has 7 heteroatoms. The molecule has 3 N–H and O–H groups in total. The molecule has 0 bridgehead atoms. The summed E-state index contributed by atoms with van der Waals surface area (Å²) >= 11 is 0. The molecule has 0 aromatic carbocycles. The molecule has 1 aromatic heterocycles. The number of guanidine groups is 1. The Kier molecular flexibility index (Phi) is 6.74. The van der Waals surface area contributed by atoms with Gasteiger partial charge in [0.05, 0.1) is 12.2 Å². The van der Waals surface area contributed by atoms with Crippen LogP contribution in [-0.4, -0.2) is 47.3 Å². The van der Waals surface area contributed by atoms with Gasteiger partial charge in [-0.1, -0.05) is 19.3 Å². The van der Waals surface area contributed by atoms with E-state index in [0.717, 1.165) is 32.1 Å². The summed E-state index contributed by atoms with van der Waals surface area (Å²) in [6.07, 6.45) is 11.1. The first-order valence-corrected chi connectivity index (χ1v) is 10.4.